The summed E-state index contributed by atoms with van der Waals surface area (Å²) in [5, 5.41) is 2.43. The molecule has 0 radical (unpaired) electrons. The van der Waals surface area contributed by atoms with Crippen molar-refractivity contribution in [1.82, 2.24) is 14.8 Å². The molecule has 50 heavy (non-hydrogen) atoms. The number of nitrogens with one attached hydrogen (secondary N) is 3. The molecule has 4 rings (SSSR count). The van der Waals surface area contributed by atoms with Crippen molar-refractivity contribution in [3.63, 3.8) is 0 Å². The molecule has 0 aliphatic carbocycles. The molecule has 0 fully saturated rings. The molecule has 0 spiro atoms. The minimum atomic E-state index is -4.82. The number of likely N-dealkylation sites (N-methyl/N-ethyl adjacent to an activating group) is 2. The molecule has 0 unspecified atom stereocenters. The fraction of sp³-hybridized carbons (Fsp3) is 0.229. The van der Waals surface area contributed by atoms with E-state index < -0.39 is 58.2 Å². The van der Waals surface area contributed by atoms with Crippen molar-refractivity contribution in [2.24, 2.45) is 0 Å². The van der Waals surface area contributed by atoms with Crippen molar-refractivity contribution < 1.29 is 41.1 Å². The lowest BCUT2D eigenvalue weighted by Gasteiger charge is -2.26. The smallest absolute Gasteiger partial charge is 0.330 e. The fourth-order valence-corrected chi connectivity index (χ4v) is 5.97. The summed E-state index contributed by atoms with van der Waals surface area (Å²) in [5.74, 6) is -2.13. The van der Waals surface area contributed by atoms with Gasteiger partial charge in [0.15, 0.2) is 0 Å². The number of benzene rings is 4. The van der Waals surface area contributed by atoms with Gasteiger partial charge in [0.1, 0.15) is 35.2 Å². The zero-order valence-electron chi connectivity index (χ0n) is 27.7. The number of rotatable bonds is 14. The number of amides is 4. The summed E-state index contributed by atoms with van der Waals surface area (Å²) in [4.78, 5) is 42.9. The maximum atomic E-state index is 14.0. The fourth-order valence-electron chi connectivity index (χ4n) is 5.05. The zero-order chi connectivity index (χ0) is 36.4. The van der Waals surface area contributed by atoms with Gasteiger partial charge < -0.3 is 24.6 Å². The summed E-state index contributed by atoms with van der Waals surface area (Å²) in [7, 11) is 1.04. The lowest BCUT2D eigenvalue weighted by atomic mass is 10.0. The predicted molar refractivity (Wildman–Crippen MR) is 184 cm³/mol. The van der Waals surface area contributed by atoms with Gasteiger partial charge in [0.05, 0.1) is 14.2 Å². The molecular weight excluding hydrogens is 672 g/mol. The number of methoxy groups -OCH3 is 2. The molecule has 4 aromatic rings. The number of halogens is 2. The first kappa shape index (κ1) is 37.3. The van der Waals surface area contributed by atoms with Crippen LogP contribution < -0.4 is 34.0 Å². The Hall–Kier alpha value is -5.54. The highest BCUT2D eigenvalue weighted by atomic mass is 32.2. The van der Waals surface area contributed by atoms with E-state index in [-0.39, 0.29) is 12.0 Å². The highest BCUT2D eigenvalue weighted by Gasteiger charge is 2.31. The Labute approximate surface area is 289 Å². The van der Waals surface area contributed by atoms with E-state index in [4.69, 9.17) is 9.47 Å². The van der Waals surface area contributed by atoms with Gasteiger partial charge in [0.25, 0.3) is 0 Å². The van der Waals surface area contributed by atoms with E-state index in [2.05, 4.69) is 10.0 Å². The standard InChI is InChI=1S/C35H37F2N5O7S/c1-41(27-10-14-29(48-3)15-11-27)33(43)31(20-23-8-6-5-7-9-23)38-35(45)40-50(46,47)39-32(21-24-18-25(36)22-26(37)19-24)34(44)42(2)28-12-16-30(49-4)17-13-28/h5-19,22,31-32,39H,20-21H2,1-4H3,(H2,38,40,45)/t31-,32-/m0/s1. The van der Waals surface area contributed by atoms with Crippen molar-refractivity contribution >= 4 is 39.4 Å². The third-order valence-electron chi connectivity index (χ3n) is 7.65. The Morgan fingerprint density at radius 1 is 0.680 bits per heavy atom. The van der Waals surface area contributed by atoms with Crippen molar-refractivity contribution in [2.45, 2.75) is 24.9 Å². The highest BCUT2D eigenvalue weighted by Crippen LogP contribution is 2.21. The average Bonchev–Trinajstić information content (AvgIpc) is 3.09. The molecular formula is C35H37F2N5O7S. The van der Waals surface area contributed by atoms with Gasteiger partial charge in [-0.25, -0.2) is 18.3 Å². The van der Waals surface area contributed by atoms with E-state index in [0.717, 1.165) is 17.0 Å². The summed E-state index contributed by atoms with van der Waals surface area (Å²) >= 11 is 0. The SMILES string of the molecule is COc1ccc(N(C)C(=O)[C@H](Cc2ccccc2)NC(=O)NS(=O)(=O)N[C@@H](Cc2cc(F)cc(F)c2)C(=O)N(C)c2ccc(OC)cc2)cc1. The second-order valence-electron chi connectivity index (χ2n) is 11.2. The number of hydrogen-bond donors (Lipinski definition) is 3. The van der Waals surface area contributed by atoms with Crippen LogP contribution in [0.4, 0.5) is 25.0 Å². The first-order valence-corrected chi connectivity index (χ1v) is 16.7. The van der Waals surface area contributed by atoms with Crippen LogP contribution in [0.2, 0.25) is 0 Å². The quantitative estimate of drug-likeness (QED) is 0.180. The minimum Gasteiger partial charge on any atom is -0.497 e. The molecule has 0 saturated heterocycles. The number of carbonyl (C=O) groups excluding carboxylic acids is 3. The molecule has 264 valence electrons. The van der Waals surface area contributed by atoms with E-state index in [1.807, 2.05) is 0 Å². The molecule has 2 atom stereocenters. The van der Waals surface area contributed by atoms with Crippen molar-refractivity contribution in [2.75, 3.05) is 38.1 Å². The van der Waals surface area contributed by atoms with Gasteiger partial charge in [0.2, 0.25) is 11.8 Å². The Kier molecular flexibility index (Phi) is 12.5. The first-order valence-electron chi connectivity index (χ1n) is 15.2. The summed E-state index contributed by atoms with van der Waals surface area (Å²) in [6, 6.07) is 20.1. The molecule has 0 saturated carbocycles. The van der Waals surface area contributed by atoms with Gasteiger partial charge in [0, 0.05) is 38.0 Å². The van der Waals surface area contributed by atoms with Gasteiger partial charge in [-0.1, -0.05) is 30.3 Å². The summed E-state index contributed by atoms with van der Waals surface area (Å²) < 4.78 is 69.0. The van der Waals surface area contributed by atoms with Gasteiger partial charge in [-0.3, -0.25) is 9.59 Å². The third-order valence-corrected chi connectivity index (χ3v) is 8.70. The number of nitrogens with zero attached hydrogens (tertiary/aromatic N) is 2. The van der Waals surface area contributed by atoms with Gasteiger partial charge in [-0.05, 0) is 78.2 Å². The topological polar surface area (TPSA) is 146 Å². The molecule has 15 heteroatoms. The molecule has 0 aromatic heterocycles. The molecule has 0 bridgehead atoms. The first-order chi connectivity index (χ1) is 23.8. The summed E-state index contributed by atoms with van der Waals surface area (Å²) in [6.07, 6.45) is -0.460. The molecule has 3 N–H and O–H groups in total. The molecule has 4 amide bonds. The molecule has 0 aliphatic rings. The number of anilines is 2. The van der Waals surface area contributed by atoms with E-state index in [1.54, 1.807) is 83.6 Å². The van der Waals surface area contributed by atoms with Crippen LogP contribution in [-0.4, -0.2) is 66.7 Å². The number of ether oxygens (including phenoxy) is 2. The Morgan fingerprint density at radius 2 is 1.14 bits per heavy atom. The Balaban J connectivity index is 1.55. The van der Waals surface area contributed by atoms with E-state index in [1.165, 1.54) is 33.2 Å². The van der Waals surface area contributed by atoms with Crippen molar-refractivity contribution in [3.8, 4) is 11.5 Å². The predicted octanol–water partition coefficient (Wildman–Crippen LogP) is 3.96. The normalized spacial score (nSPS) is 12.3. The molecule has 12 nitrogen and oxygen atoms in total. The third kappa shape index (κ3) is 10.2. The van der Waals surface area contributed by atoms with Crippen molar-refractivity contribution in [1.29, 1.82) is 0 Å². The van der Waals surface area contributed by atoms with Gasteiger partial charge in [-0.15, -0.1) is 0 Å². The van der Waals surface area contributed by atoms with Crippen LogP contribution in [0.15, 0.2) is 97.1 Å². The lowest BCUT2D eigenvalue weighted by Crippen LogP contribution is -2.57. The second kappa shape index (κ2) is 16.7. The maximum Gasteiger partial charge on any atom is 0.330 e. The largest absolute Gasteiger partial charge is 0.497 e. The van der Waals surface area contributed by atoms with Crippen LogP contribution in [-0.2, 0) is 32.6 Å². The number of hydrogen-bond acceptors (Lipinski definition) is 7. The van der Waals surface area contributed by atoms with E-state index in [9.17, 15) is 31.6 Å². The van der Waals surface area contributed by atoms with Crippen LogP contribution in [0.3, 0.4) is 0 Å². The highest BCUT2D eigenvalue weighted by molar-refractivity contribution is 7.88. The molecule has 4 aromatic carbocycles. The lowest BCUT2D eigenvalue weighted by molar-refractivity contribution is -0.120. The van der Waals surface area contributed by atoms with Crippen LogP contribution in [0.25, 0.3) is 0 Å². The summed E-state index contributed by atoms with van der Waals surface area (Å²) in [5.41, 5.74) is 1.51. The minimum absolute atomic E-state index is 0.0139. The maximum absolute atomic E-state index is 14.0. The van der Waals surface area contributed by atoms with Crippen LogP contribution >= 0.6 is 0 Å². The van der Waals surface area contributed by atoms with E-state index in [0.29, 0.717) is 34.5 Å². The zero-order valence-corrected chi connectivity index (χ0v) is 28.5. The monoisotopic (exact) mass is 709 g/mol. The molecule has 0 aliphatic heterocycles. The number of carbonyl (C=O) groups is 3. The van der Waals surface area contributed by atoms with Crippen LogP contribution in [0.1, 0.15) is 11.1 Å². The van der Waals surface area contributed by atoms with Crippen molar-refractivity contribution in [3.05, 3.63) is 120 Å². The Bertz CT molecular complexity index is 1880. The van der Waals surface area contributed by atoms with Crippen LogP contribution in [0.5, 0.6) is 11.5 Å². The average molecular weight is 710 g/mol. The Morgan fingerprint density at radius 3 is 1.62 bits per heavy atom. The summed E-state index contributed by atoms with van der Waals surface area (Å²) in [6.45, 7) is 0. The molecule has 0 heterocycles. The van der Waals surface area contributed by atoms with E-state index >= 15 is 0 Å². The second-order valence-corrected chi connectivity index (χ2v) is 12.6. The number of urea groups is 1. The van der Waals surface area contributed by atoms with Gasteiger partial charge >= 0.3 is 16.2 Å². The van der Waals surface area contributed by atoms with Gasteiger partial charge in [-0.2, -0.15) is 13.1 Å². The van der Waals surface area contributed by atoms with Crippen LogP contribution in [0, 0.1) is 11.6 Å².